The Morgan fingerprint density at radius 3 is 2.43 bits per heavy atom. The molecule has 5 rings (SSSR count). The molecule has 2 aliphatic rings. The first-order valence-corrected chi connectivity index (χ1v) is 11.2. The summed E-state index contributed by atoms with van der Waals surface area (Å²) in [6.45, 7) is 5.05. The standard InChI is InChI=1S/C21H24N6O2S/c28-19(17-13-15-5-1-2-6-16(15)30-17)22-14-18-23-20(26-7-3-4-8-26)25-21(24-18)27-9-11-29-12-10-27/h1-2,5-6,13H,3-4,7-12,14H2,(H,22,28). The predicted octanol–water partition coefficient (Wildman–Crippen LogP) is 2.45. The van der Waals surface area contributed by atoms with Crippen LogP contribution in [0.15, 0.2) is 30.3 Å². The van der Waals surface area contributed by atoms with Crippen molar-refractivity contribution in [2.75, 3.05) is 49.2 Å². The van der Waals surface area contributed by atoms with Crippen LogP contribution in [0.2, 0.25) is 0 Å². The summed E-state index contributed by atoms with van der Waals surface area (Å²) in [6.07, 6.45) is 2.30. The van der Waals surface area contributed by atoms with Gasteiger partial charge >= 0.3 is 0 Å². The highest BCUT2D eigenvalue weighted by molar-refractivity contribution is 7.20. The van der Waals surface area contributed by atoms with Crippen molar-refractivity contribution >= 4 is 39.2 Å². The van der Waals surface area contributed by atoms with Crippen LogP contribution in [-0.4, -0.2) is 60.3 Å². The Morgan fingerprint density at radius 1 is 1.00 bits per heavy atom. The van der Waals surface area contributed by atoms with E-state index in [0.717, 1.165) is 49.1 Å². The molecule has 0 bridgehead atoms. The Balaban J connectivity index is 1.35. The van der Waals surface area contributed by atoms with Gasteiger partial charge in [0.25, 0.3) is 5.91 Å². The van der Waals surface area contributed by atoms with Gasteiger partial charge in [-0.25, -0.2) is 0 Å². The molecule has 0 unspecified atom stereocenters. The van der Waals surface area contributed by atoms with E-state index in [2.05, 4.69) is 25.1 Å². The second-order valence-corrected chi connectivity index (χ2v) is 8.56. The first-order chi connectivity index (χ1) is 14.8. The van der Waals surface area contributed by atoms with Gasteiger partial charge in [0, 0.05) is 30.9 Å². The minimum Gasteiger partial charge on any atom is -0.378 e. The van der Waals surface area contributed by atoms with Crippen LogP contribution in [0.25, 0.3) is 10.1 Å². The van der Waals surface area contributed by atoms with Crippen molar-refractivity contribution < 1.29 is 9.53 Å². The Hall–Kier alpha value is -2.78. The van der Waals surface area contributed by atoms with E-state index < -0.39 is 0 Å². The average molecular weight is 425 g/mol. The Labute approximate surface area is 178 Å². The number of ether oxygens (including phenoxy) is 1. The Morgan fingerprint density at radius 2 is 1.70 bits per heavy atom. The number of hydrogen-bond acceptors (Lipinski definition) is 8. The van der Waals surface area contributed by atoms with Crippen molar-refractivity contribution in [3.05, 3.63) is 41.0 Å². The number of aromatic nitrogens is 3. The molecule has 3 aromatic rings. The van der Waals surface area contributed by atoms with Crippen LogP contribution in [-0.2, 0) is 11.3 Å². The van der Waals surface area contributed by atoms with E-state index in [4.69, 9.17) is 9.72 Å². The highest BCUT2D eigenvalue weighted by Gasteiger charge is 2.21. The number of rotatable bonds is 5. The maximum atomic E-state index is 12.7. The number of amides is 1. The molecule has 0 spiro atoms. The van der Waals surface area contributed by atoms with Crippen LogP contribution in [0, 0.1) is 0 Å². The summed E-state index contributed by atoms with van der Waals surface area (Å²) < 4.78 is 6.56. The molecule has 30 heavy (non-hydrogen) atoms. The molecule has 1 N–H and O–H groups in total. The van der Waals surface area contributed by atoms with Crippen LogP contribution in [0.1, 0.15) is 28.3 Å². The van der Waals surface area contributed by atoms with Crippen molar-refractivity contribution in [1.29, 1.82) is 0 Å². The fraction of sp³-hybridized carbons (Fsp3) is 0.429. The van der Waals surface area contributed by atoms with Gasteiger partial charge in [-0.2, -0.15) is 15.0 Å². The van der Waals surface area contributed by atoms with E-state index in [1.54, 1.807) is 0 Å². The third-order valence-electron chi connectivity index (χ3n) is 5.40. The van der Waals surface area contributed by atoms with Crippen molar-refractivity contribution in [3.63, 3.8) is 0 Å². The number of thiophene rings is 1. The van der Waals surface area contributed by atoms with Crippen molar-refractivity contribution in [1.82, 2.24) is 20.3 Å². The lowest BCUT2D eigenvalue weighted by Gasteiger charge is -2.28. The fourth-order valence-corrected chi connectivity index (χ4v) is 4.76. The van der Waals surface area contributed by atoms with E-state index in [1.807, 2.05) is 30.3 Å². The lowest BCUT2D eigenvalue weighted by atomic mass is 10.2. The molecule has 0 saturated carbocycles. The van der Waals surface area contributed by atoms with Crippen molar-refractivity contribution in [2.24, 2.45) is 0 Å². The van der Waals surface area contributed by atoms with E-state index in [9.17, 15) is 4.79 Å². The smallest absolute Gasteiger partial charge is 0.261 e. The predicted molar refractivity (Wildman–Crippen MR) is 117 cm³/mol. The number of nitrogens with one attached hydrogen (secondary N) is 1. The molecule has 1 amide bonds. The summed E-state index contributed by atoms with van der Waals surface area (Å²) >= 11 is 1.49. The van der Waals surface area contributed by atoms with Gasteiger partial charge in [-0.1, -0.05) is 18.2 Å². The minimum atomic E-state index is -0.104. The summed E-state index contributed by atoms with van der Waals surface area (Å²) in [5.74, 6) is 1.85. The van der Waals surface area contributed by atoms with E-state index in [1.165, 1.54) is 11.3 Å². The molecule has 2 aliphatic heterocycles. The SMILES string of the molecule is O=C(NCc1nc(N2CCCC2)nc(N2CCOCC2)n1)c1cc2ccccc2s1. The van der Waals surface area contributed by atoms with Gasteiger partial charge in [0.15, 0.2) is 5.82 Å². The molecule has 2 saturated heterocycles. The van der Waals surface area contributed by atoms with Crippen molar-refractivity contribution in [2.45, 2.75) is 19.4 Å². The maximum Gasteiger partial charge on any atom is 0.261 e. The lowest BCUT2D eigenvalue weighted by Crippen LogP contribution is -2.38. The van der Waals surface area contributed by atoms with Crippen LogP contribution < -0.4 is 15.1 Å². The molecule has 2 fully saturated rings. The van der Waals surface area contributed by atoms with Gasteiger partial charge in [-0.05, 0) is 30.4 Å². The Bertz CT molecular complexity index is 1010. The third-order valence-corrected chi connectivity index (χ3v) is 6.51. The van der Waals surface area contributed by atoms with Crippen molar-refractivity contribution in [3.8, 4) is 0 Å². The Kier molecular flexibility index (Phi) is 5.46. The summed E-state index contributed by atoms with van der Waals surface area (Å²) in [5.41, 5.74) is 0. The number of benzene rings is 1. The normalized spacial score (nSPS) is 16.9. The number of carbonyl (C=O) groups excluding carboxylic acids is 1. The minimum absolute atomic E-state index is 0.104. The van der Waals surface area contributed by atoms with Crippen LogP contribution in [0.3, 0.4) is 0 Å². The number of hydrogen-bond donors (Lipinski definition) is 1. The number of anilines is 2. The quantitative estimate of drug-likeness (QED) is 0.674. The van der Waals surface area contributed by atoms with E-state index in [0.29, 0.717) is 35.8 Å². The number of nitrogens with zero attached hydrogens (tertiary/aromatic N) is 5. The fourth-order valence-electron chi connectivity index (χ4n) is 3.78. The van der Waals surface area contributed by atoms with Gasteiger partial charge in [-0.3, -0.25) is 4.79 Å². The number of morpholine rings is 1. The zero-order valence-corrected chi connectivity index (χ0v) is 17.5. The molecule has 8 nitrogen and oxygen atoms in total. The van der Waals surface area contributed by atoms with Gasteiger partial charge in [0.2, 0.25) is 11.9 Å². The van der Waals surface area contributed by atoms with Gasteiger partial charge in [0.1, 0.15) is 0 Å². The molecule has 4 heterocycles. The summed E-state index contributed by atoms with van der Waals surface area (Å²) in [4.78, 5) is 31.7. The third kappa shape index (κ3) is 4.08. The summed E-state index contributed by atoms with van der Waals surface area (Å²) in [6, 6.07) is 9.94. The first kappa shape index (κ1) is 19.2. The van der Waals surface area contributed by atoms with Gasteiger partial charge in [-0.15, -0.1) is 11.3 Å². The second kappa shape index (κ2) is 8.53. The zero-order valence-electron chi connectivity index (χ0n) is 16.7. The molecule has 9 heteroatoms. The van der Waals surface area contributed by atoms with E-state index >= 15 is 0 Å². The number of fused-ring (bicyclic) bond motifs is 1. The maximum absolute atomic E-state index is 12.7. The summed E-state index contributed by atoms with van der Waals surface area (Å²) in [7, 11) is 0. The molecule has 2 aromatic heterocycles. The van der Waals surface area contributed by atoms with Crippen LogP contribution in [0.5, 0.6) is 0 Å². The molecule has 0 radical (unpaired) electrons. The molecular formula is C21H24N6O2S. The van der Waals surface area contributed by atoms with E-state index in [-0.39, 0.29) is 12.5 Å². The molecular weight excluding hydrogens is 400 g/mol. The molecule has 0 aliphatic carbocycles. The summed E-state index contributed by atoms with van der Waals surface area (Å²) in [5, 5.41) is 4.06. The lowest BCUT2D eigenvalue weighted by molar-refractivity contribution is 0.0954. The molecule has 0 atom stereocenters. The number of carbonyl (C=O) groups is 1. The average Bonchev–Trinajstić information content (AvgIpc) is 3.48. The largest absolute Gasteiger partial charge is 0.378 e. The zero-order chi connectivity index (χ0) is 20.3. The molecule has 1 aromatic carbocycles. The van der Waals surface area contributed by atoms with Crippen LogP contribution >= 0.6 is 11.3 Å². The van der Waals surface area contributed by atoms with Crippen LogP contribution in [0.4, 0.5) is 11.9 Å². The monoisotopic (exact) mass is 424 g/mol. The van der Waals surface area contributed by atoms with Gasteiger partial charge in [0.05, 0.1) is 24.6 Å². The van der Waals surface area contributed by atoms with Gasteiger partial charge < -0.3 is 19.9 Å². The first-order valence-electron chi connectivity index (χ1n) is 10.4. The topological polar surface area (TPSA) is 83.5 Å². The second-order valence-electron chi connectivity index (χ2n) is 7.48. The highest BCUT2D eigenvalue weighted by Crippen LogP contribution is 2.25. The molecule has 156 valence electrons. The highest BCUT2D eigenvalue weighted by atomic mass is 32.1.